The van der Waals surface area contributed by atoms with Crippen molar-refractivity contribution in [1.29, 1.82) is 0 Å². The highest BCUT2D eigenvalue weighted by Gasteiger charge is 2.07. The maximum atomic E-state index is 2.40. The van der Waals surface area contributed by atoms with E-state index in [0.29, 0.717) is 5.92 Å². The van der Waals surface area contributed by atoms with Gasteiger partial charge in [-0.25, -0.2) is 0 Å². The lowest BCUT2D eigenvalue weighted by molar-refractivity contribution is 0.310. The third-order valence-corrected chi connectivity index (χ3v) is 3.83. The van der Waals surface area contributed by atoms with Crippen molar-refractivity contribution >= 4 is 10.8 Å². The fraction of sp³-hybridized carbons (Fsp3) is 0.400. The molecule has 1 nitrogen and oxygen atoms in total. The zero-order valence-electron chi connectivity index (χ0n) is 13.8. The number of hydrogen-bond donors (Lipinski definition) is 0. The summed E-state index contributed by atoms with van der Waals surface area (Å²) in [6, 6.07) is 15.4. The fourth-order valence-corrected chi connectivity index (χ4v) is 2.78. The van der Waals surface area contributed by atoms with Gasteiger partial charge in [-0.2, -0.15) is 0 Å². The van der Waals surface area contributed by atoms with Crippen LogP contribution in [-0.2, 0) is 6.42 Å². The molecule has 0 bridgehead atoms. The van der Waals surface area contributed by atoms with Crippen LogP contribution in [0.2, 0.25) is 0 Å². The van der Waals surface area contributed by atoms with Crippen molar-refractivity contribution in [2.24, 2.45) is 5.92 Å². The molecular formula is C20H27N. The van der Waals surface area contributed by atoms with Gasteiger partial charge in [-0.05, 0) is 49.6 Å². The molecule has 112 valence electrons. The van der Waals surface area contributed by atoms with E-state index in [1.807, 2.05) is 0 Å². The van der Waals surface area contributed by atoms with Crippen molar-refractivity contribution in [2.45, 2.75) is 27.2 Å². The molecule has 0 aliphatic carbocycles. The molecule has 0 amide bonds. The van der Waals surface area contributed by atoms with E-state index >= 15 is 0 Å². The predicted molar refractivity (Wildman–Crippen MR) is 93.7 cm³/mol. The van der Waals surface area contributed by atoms with Crippen molar-refractivity contribution < 1.29 is 0 Å². The van der Waals surface area contributed by atoms with Crippen LogP contribution in [0.3, 0.4) is 0 Å². The largest absolute Gasteiger partial charge is 0.302 e. The van der Waals surface area contributed by atoms with Gasteiger partial charge in [0.2, 0.25) is 0 Å². The lowest BCUT2D eigenvalue weighted by Crippen LogP contribution is -2.25. The van der Waals surface area contributed by atoms with Crippen LogP contribution in [0.1, 0.15) is 26.3 Å². The van der Waals surface area contributed by atoms with Gasteiger partial charge >= 0.3 is 0 Å². The SMILES string of the molecule is CC(C)=CCN(C)CC(C)Cc1ccc2ccccc2c1. The van der Waals surface area contributed by atoms with Crippen molar-refractivity contribution in [3.8, 4) is 0 Å². The number of hydrogen-bond acceptors (Lipinski definition) is 1. The number of rotatable bonds is 6. The summed E-state index contributed by atoms with van der Waals surface area (Å²) in [6.45, 7) is 8.84. The van der Waals surface area contributed by atoms with Crippen LogP contribution < -0.4 is 0 Å². The average Bonchev–Trinajstić information content (AvgIpc) is 2.45. The van der Waals surface area contributed by atoms with Gasteiger partial charge in [-0.15, -0.1) is 0 Å². The molecule has 0 aromatic heterocycles. The first-order valence-corrected chi connectivity index (χ1v) is 7.84. The van der Waals surface area contributed by atoms with Crippen molar-refractivity contribution in [3.63, 3.8) is 0 Å². The molecule has 2 aromatic carbocycles. The molecule has 21 heavy (non-hydrogen) atoms. The van der Waals surface area contributed by atoms with Gasteiger partial charge in [0.05, 0.1) is 0 Å². The Labute approximate surface area is 129 Å². The van der Waals surface area contributed by atoms with Crippen LogP contribution in [0.25, 0.3) is 10.8 Å². The van der Waals surface area contributed by atoms with Gasteiger partial charge in [0, 0.05) is 13.1 Å². The van der Waals surface area contributed by atoms with E-state index in [4.69, 9.17) is 0 Å². The van der Waals surface area contributed by atoms with Crippen LogP contribution in [0.4, 0.5) is 0 Å². The molecule has 0 N–H and O–H groups in total. The molecule has 0 aliphatic rings. The molecule has 0 spiro atoms. The van der Waals surface area contributed by atoms with Gasteiger partial charge in [-0.3, -0.25) is 0 Å². The summed E-state index contributed by atoms with van der Waals surface area (Å²) >= 11 is 0. The second kappa shape index (κ2) is 7.42. The summed E-state index contributed by atoms with van der Waals surface area (Å²) in [5.74, 6) is 0.668. The van der Waals surface area contributed by atoms with E-state index in [9.17, 15) is 0 Å². The summed E-state index contributed by atoms with van der Waals surface area (Å²) in [4.78, 5) is 2.40. The van der Waals surface area contributed by atoms with Gasteiger partial charge in [-0.1, -0.05) is 61.0 Å². The summed E-state index contributed by atoms with van der Waals surface area (Å²) in [5.41, 5.74) is 2.83. The monoisotopic (exact) mass is 281 g/mol. The first-order chi connectivity index (χ1) is 10.0. The lowest BCUT2D eigenvalue weighted by atomic mass is 9.98. The topological polar surface area (TPSA) is 3.24 Å². The Hall–Kier alpha value is -1.60. The first kappa shape index (κ1) is 15.8. The molecule has 2 rings (SSSR count). The number of allylic oxidation sites excluding steroid dienone is 1. The molecule has 0 saturated heterocycles. The van der Waals surface area contributed by atoms with E-state index in [1.54, 1.807) is 0 Å². The minimum atomic E-state index is 0.668. The predicted octanol–water partition coefficient (Wildman–Crippen LogP) is 4.92. The minimum absolute atomic E-state index is 0.668. The highest BCUT2D eigenvalue weighted by atomic mass is 15.1. The van der Waals surface area contributed by atoms with Gasteiger partial charge in [0.1, 0.15) is 0 Å². The normalized spacial score (nSPS) is 12.6. The minimum Gasteiger partial charge on any atom is -0.302 e. The van der Waals surface area contributed by atoms with Gasteiger partial charge in [0.15, 0.2) is 0 Å². The molecule has 2 aromatic rings. The van der Waals surface area contributed by atoms with Crippen LogP contribution in [-0.4, -0.2) is 25.0 Å². The number of fused-ring (bicyclic) bond motifs is 1. The molecule has 0 aliphatic heterocycles. The summed E-state index contributed by atoms with van der Waals surface area (Å²) in [7, 11) is 2.20. The first-order valence-electron chi connectivity index (χ1n) is 7.84. The number of nitrogens with zero attached hydrogens (tertiary/aromatic N) is 1. The Balaban J connectivity index is 1.94. The second-order valence-corrected chi connectivity index (χ2v) is 6.49. The summed E-state index contributed by atoms with van der Waals surface area (Å²) in [6.07, 6.45) is 3.44. The number of benzene rings is 2. The van der Waals surface area contributed by atoms with E-state index in [2.05, 4.69) is 81.3 Å². The third-order valence-electron chi connectivity index (χ3n) is 3.83. The number of likely N-dealkylation sites (N-methyl/N-ethyl adjacent to an activating group) is 1. The highest BCUT2D eigenvalue weighted by molar-refractivity contribution is 5.82. The Morgan fingerprint density at radius 2 is 1.81 bits per heavy atom. The summed E-state index contributed by atoms with van der Waals surface area (Å²) in [5, 5.41) is 2.68. The molecule has 1 atom stereocenters. The maximum absolute atomic E-state index is 2.40. The maximum Gasteiger partial charge on any atom is 0.0162 e. The van der Waals surface area contributed by atoms with E-state index in [-0.39, 0.29) is 0 Å². The van der Waals surface area contributed by atoms with Gasteiger partial charge in [0.25, 0.3) is 0 Å². The third kappa shape index (κ3) is 5.02. The molecule has 0 saturated carbocycles. The Morgan fingerprint density at radius 3 is 2.52 bits per heavy atom. The van der Waals surface area contributed by atoms with Crippen LogP contribution >= 0.6 is 0 Å². The second-order valence-electron chi connectivity index (χ2n) is 6.49. The highest BCUT2D eigenvalue weighted by Crippen LogP contribution is 2.18. The lowest BCUT2D eigenvalue weighted by Gasteiger charge is -2.20. The molecule has 0 heterocycles. The average molecular weight is 281 g/mol. The van der Waals surface area contributed by atoms with Crippen molar-refractivity contribution in [1.82, 2.24) is 4.90 Å². The zero-order valence-corrected chi connectivity index (χ0v) is 13.8. The molecular weight excluding hydrogens is 254 g/mol. The molecule has 0 radical (unpaired) electrons. The van der Waals surface area contributed by atoms with E-state index in [0.717, 1.165) is 19.5 Å². The van der Waals surface area contributed by atoms with Gasteiger partial charge < -0.3 is 4.90 Å². The fourth-order valence-electron chi connectivity index (χ4n) is 2.78. The Kier molecular flexibility index (Phi) is 5.58. The molecule has 1 heteroatoms. The summed E-state index contributed by atoms with van der Waals surface area (Å²) < 4.78 is 0. The molecule has 1 unspecified atom stereocenters. The van der Waals surface area contributed by atoms with Crippen molar-refractivity contribution in [2.75, 3.05) is 20.1 Å². The molecule has 0 fully saturated rings. The van der Waals surface area contributed by atoms with Crippen molar-refractivity contribution in [3.05, 3.63) is 59.7 Å². The zero-order chi connectivity index (χ0) is 15.2. The smallest absolute Gasteiger partial charge is 0.0162 e. The van der Waals surface area contributed by atoms with Crippen LogP contribution in [0.15, 0.2) is 54.1 Å². The van der Waals surface area contributed by atoms with Crippen LogP contribution in [0.5, 0.6) is 0 Å². The van der Waals surface area contributed by atoms with Crippen LogP contribution in [0, 0.1) is 5.92 Å². The Bertz CT molecular complexity index is 608. The van der Waals surface area contributed by atoms with E-state index in [1.165, 1.54) is 21.9 Å². The van der Waals surface area contributed by atoms with E-state index < -0.39 is 0 Å². The quantitative estimate of drug-likeness (QED) is 0.680. The standard InChI is InChI=1S/C20H27N/c1-16(2)11-12-21(4)15-17(3)13-18-9-10-19-7-5-6-8-20(19)14-18/h5-11,14,17H,12-13,15H2,1-4H3. The Morgan fingerprint density at radius 1 is 1.10 bits per heavy atom.